The van der Waals surface area contributed by atoms with Crippen molar-refractivity contribution in [1.82, 2.24) is 19.7 Å². The van der Waals surface area contributed by atoms with Gasteiger partial charge in [-0.15, -0.1) is 4.28 Å². The Morgan fingerprint density at radius 1 is 1.21 bits per heavy atom. The number of aromatic nitrogens is 2. The minimum atomic E-state index is -4.97. The topological polar surface area (TPSA) is 150 Å². The van der Waals surface area contributed by atoms with E-state index in [9.17, 15) is 23.1 Å². The molecule has 186 valence electrons. The summed E-state index contributed by atoms with van der Waals surface area (Å²) in [4.78, 5) is 26.5. The molecule has 4 rings (SSSR count). The molecule has 0 saturated carbocycles. The summed E-state index contributed by atoms with van der Waals surface area (Å²) in [5.74, 6) is -1.55. The largest absolute Gasteiger partial charge is 0.547 e. The van der Waals surface area contributed by atoms with Gasteiger partial charge in [-0.05, 0) is 26.3 Å². The van der Waals surface area contributed by atoms with Gasteiger partial charge in [0.2, 0.25) is 0 Å². The average molecular weight is 496 g/mol. The van der Waals surface area contributed by atoms with Crippen molar-refractivity contribution in [2.24, 2.45) is 0 Å². The maximum Gasteiger partial charge on any atom is 0.418 e. The number of amides is 2. The fourth-order valence-electron chi connectivity index (χ4n) is 4.13. The Morgan fingerprint density at radius 3 is 2.32 bits per heavy atom. The number of carbonyl (C=O) groups is 2. The highest BCUT2D eigenvalue weighted by Gasteiger charge is 2.52. The van der Waals surface area contributed by atoms with Crippen molar-refractivity contribution >= 4 is 22.4 Å². The molecule has 1 aromatic carbocycles. The number of hydrogen-bond donors (Lipinski definition) is 2. The van der Waals surface area contributed by atoms with Crippen molar-refractivity contribution in [2.45, 2.75) is 39.4 Å². The van der Waals surface area contributed by atoms with E-state index in [1.165, 1.54) is 30.5 Å². The van der Waals surface area contributed by atoms with Gasteiger partial charge in [0, 0.05) is 11.8 Å². The number of hydrogen-bond acceptors (Lipinski definition) is 7. The monoisotopic (exact) mass is 495 g/mol. The fourth-order valence-corrected chi connectivity index (χ4v) is 4.50. The van der Waals surface area contributed by atoms with Crippen molar-refractivity contribution in [3.8, 4) is 0 Å². The Hall–Kier alpha value is -3.00. The molecule has 1 aromatic heterocycles. The molecular formula is C21H29N5O7S. The number of benzene rings is 1. The summed E-state index contributed by atoms with van der Waals surface area (Å²) in [6.07, 6.45) is 1.53. The number of rotatable bonds is 8. The van der Waals surface area contributed by atoms with Crippen LogP contribution in [0.2, 0.25) is 0 Å². The molecule has 12 nitrogen and oxygen atoms in total. The van der Waals surface area contributed by atoms with Gasteiger partial charge in [-0.2, -0.15) is 18.6 Å². The Labute approximate surface area is 198 Å². The summed E-state index contributed by atoms with van der Waals surface area (Å²) in [7, 11) is -4.97. The summed E-state index contributed by atoms with van der Waals surface area (Å²) in [5, 5.41) is 16.3. The molecule has 2 bridgehead atoms. The minimum absolute atomic E-state index is 0.0666. The molecule has 2 atom stereocenters. The van der Waals surface area contributed by atoms with E-state index < -0.39 is 34.5 Å². The van der Waals surface area contributed by atoms with E-state index in [-0.39, 0.29) is 12.2 Å². The van der Waals surface area contributed by atoms with Crippen molar-refractivity contribution in [1.29, 1.82) is 0 Å². The first kappa shape index (κ1) is 25.6. The smallest absolute Gasteiger partial charge is 0.418 e. The van der Waals surface area contributed by atoms with Crippen LogP contribution in [0.5, 0.6) is 0 Å². The number of urea groups is 1. The Kier molecular flexibility index (Phi) is 7.92. The SMILES string of the molecule is CC[NH+](CC)CC.O=C([O-])[C@@H]1c2nn(Cc3ccccc3)cc2[C@H]2CN1C(=O)N2OS(=O)(=O)O. The van der Waals surface area contributed by atoms with E-state index in [1.54, 1.807) is 4.90 Å². The van der Waals surface area contributed by atoms with Gasteiger partial charge < -0.3 is 19.7 Å². The van der Waals surface area contributed by atoms with Crippen LogP contribution in [0.3, 0.4) is 0 Å². The third-order valence-corrected chi connectivity index (χ3v) is 6.27. The number of carboxylic acid groups (broad SMARTS) is 1. The van der Waals surface area contributed by atoms with E-state index in [0.717, 1.165) is 10.5 Å². The van der Waals surface area contributed by atoms with Crippen LogP contribution in [0, 0.1) is 0 Å². The molecule has 13 heteroatoms. The third kappa shape index (κ3) is 5.55. The molecule has 34 heavy (non-hydrogen) atoms. The number of carboxylic acids is 1. The number of nitrogens with one attached hydrogen (secondary N) is 1. The first-order valence-electron chi connectivity index (χ1n) is 11.0. The summed E-state index contributed by atoms with van der Waals surface area (Å²) < 4.78 is 36.9. The minimum Gasteiger partial charge on any atom is -0.547 e. The lowest BCUT2D eigenvalue weighted by Gasteiger charge is -2.29. The van der Waals surface area contributed by atoms with Crippen molar-refractivity contribution in [3.05, 3.63) is 53.3 Å². The van der Waals surface area contributed by atoms with Crippen molar-refractivity contribution in [2.75, 3.05) is 26.2 Å². The van der Waals surface area contributed by atoms with Gasteiger partial charge in [-0.25, -0.2) is 4.79 Å². The summed E-state index contributed by atoms with van der Waals surface area (Å²) in [5.41, 5.74) is 1.29. The van der Waals surface area contributed by atoms with Crippen LogP contribution in [0.15, 0.2) is 36.5 Å². The lowest BCUT2D eigenvalue weighted by atomic mass is 9.98. The van der Waals surface area contributed by atoms with Crippen LogP contribution in [0.4, 0.5) is 4.79 Å². The summed E-state index contributed by atoms with van der Waals surface area (Å²) in [6.45, 7) is 10.7. The highest BCUT2D eigenvalue weighted by atomic mass is 32.3. The second-order valence-corrected chi connectivity index (χ2v) is 8.97. The van der Waals surface area contributed by atoms with E-state index in [4.69, 9.17) is 4.55 Å². The molecule has 1 saturated heterocycles. The molecule has 0 unspecified atom stereocenters. The zero-order valence-corrected chi connectivity index (χ0v) is 20.1. The lowest BCUT2D eigenvalue weighted by molar-refractivity contribution is -0.894. The van der Waals surface area contributed by atoms with Crippen LogP contribution in [0.25, 0.3) is 0 Å². The second kappa shape index (κ2) is 10.5. The first-order chi connectivity index (χ1) is 16.1. The van der Waals surface area contributed by atoms with Crippen LogP contribution < -0.4 is 10.0 Å². The van der Waals surface area contributed by atoms with Gasteiger partial charge in [0.25, 0.3) is 0 Å². The third-order valence-electron chi connectivity index (χ3n) is 5.92. The molecule has 2 aliphatic heterocycles. The number of carbonyl (C=O) groups excluding carboxylic acids is 2. The number of fused-ring (bicyclic) bond motifs is 4. The predicted octanol–water partition coefficient (Wildman–Crippen LogP) is -0.820. The van der Waals surface area contributed by atoms with Gasteiger partial charge in [0.1, 0.15) is 12.1 Å². The zero-order valence-electron chi connectivity index (χ0n) is 19.2. The van der Waals surface area contributed by atoms with Gasteiger partial charge in [0.05, 0.1) is 44.4 Å². The van der Waals surface area contributed by atoms with Gasteiger partial charge >= 0.3 is 16.4 Å². The van der Waals surface area contributed by atoms with Crippen molar-refractivity contribution < 1.29 is 36.8 Å². The molecule has 2 aliphatic rings. The number of hydroxylamine groups is 2. The van der Waals surface area contributed by atoms with E-state index in [0.29, 0.717) is 17.2 Å². The quantitative estimate of drug-likeness (QED) is 0.451. The number of quaternary nitrogens is 1. The highest BCUT2D eigenvalue weighted by molar-refractivity contribution is 7.80. The molecule has 3 heterocycles. The number of nitrogens with zero attached hydrogens (tertiary/aromatic N) is 4. The Balaban J connectivity index is 0.000000406. The maximum absolute atomic E-state index is 12.3. The normalized spacial score (nSPS) is 19.1. The average Bonchev–Trinajstić information content (AvgIpc) is 3.31. The molecule has 2 N–H and O–H groups in total. The molecule has 0 aliphatic carbocycles. The van der Waals surface area contributed by atoms with Gasteiger partial charge in [0.15, 0.2) is 0 Å². The Bertz CT molecular complexity index is 1110. The summed E-state index contributed by atoms with van der Waals surface area (Å²) >= 11 is 0. The van der Waals surface area contributed by atoms with E-state index >= 15 is 0 Å². The highest BCUT2D eigenvalue weighted by Crippen LogP contribution is 2.43. The van der Waals surface area contributed by atoms with E-state index in [2.05, 4.69) is 30.2 Å². The summed E-state index contributed by atoms with van der Waals surface area (Å²) in [6, 6.07) is 5.83. The van der Waals surface area contributed by atoms with Gasteiger partial charge in [-0.3, -0.25) is 9.23 Å². The zero-order chi connectivity index (χ0) is 25.0. The molecule has 0 radical (unpaired) electrons. The maximum atomic E-state index is 12.3. The standard InChI is InChI=1S/C15H14N4O7S.C6H15N/c20-14(21)13-12-10(7-17(16-12)6-9-4-2-1-3-5-9)11-8-18(13)15(22)19(11)26-27(23,24)25;1-4-7(5-2)6-3/h1-5,7,11,13H,6,8H2,(H,20,21)(H,23,24,25);4-6H2,1-3H3/t11-,13+;/m1./s1. The van der Waals surface area contributed by atoms with Crippen LogP contribution in [-0.4, -0.2) is 70.9 Å². The molecule has 1 fully saturated rings. The van der Waals surface area contributed by atoms with Crippen LogP contribution >= 0.6 is 0 Å². The molecular weight excluding hydrogens is 466 g/mol. The predicted molar refractivity (Wildman–Crippen MR) is 117 cm³/mol. The molecule has 2 amide bonds. The van der Waals surface area contributed by atoms with Crippen LogP contribution in [0.1, 0.15) is 49.7 Å². The Morgan fingerprint density at radius 2 is 1.82 bits per heavy atom. The van der Waals surface area contributed by atoms with Crippen LogP contribution in [-0.2, 0) is 26.0 Å². The fraction of sp³-hybridized carbons (Fsp3) is 0.476. The van der Waals surface area contributed by atoms with E-state index in [1.807, 2.05) is 30.3 Å². The molecule has 0 spiro atoms. The first-order valence-corrected chi connectivity index (χ1v) is 12.4. The molecule has 2 aromatic rings. The lowest BCUT2D eigenvalue weighted by Crippen LogP contribution is -3.11. The van der Waals surface area contributed by atoms with Crippen molar-refractivity contribution in [3.63, 3.8) is 0 Å². The second-order valence-electron chi connectivity index (χ2n) is 7.96. The number of aliphatic carboxylic acids is 1. The van der Waals surface area contributed by atoms with Gasteiger partial charge in [-0.1, -0.05) is 30.3 Å².